The van der Waals surface area contributed by atoms with Gasteiger partial charge >= 0.3 is 25.8 Å². The molecule has 1 aliphatic rings. The van der Waals surface area contributed by atoms with Gasteiger partial charge in [-0.05, 0) is 38.6 Å². The Balaban J connectivity index is 0.00000180. The maximum Gasteiger partial charge on any atom is 4.00 e. The third-order valence-corrected chi connectivity index (χ3v) is 16.4. The minimum absolute atomic E-state index is 0. The average molecular weight is 828 g/mol. The Bertz CT molecular complexity index is 1850. The maximum atomic E-state index is 2.70. The second-order valence-electron chi connectivity index (χ2n) is 16.3. The molecule has 0 aliphatic heterocycles. The van der Waals surface area contributed by atoms with E-state index in [-0.39, 0.29) is 51.5 Å². The molecule has 0 unspecified atom stereocenters. The smallest absolute Gasteiger partial charge is 0.358 e. The van der Waals surface area contributed by atoms with E-state index in [0.717, 1.165) is 5.54 Å². The van der Waals surface area contributed by atoms with Crippen molar-refractivity contribution in [3.8, 4) is 22.3 Å². The van der Waals surface area contributed by atoms with Gasteiger partial charge in [-0.25, -0.2) is 0 Å². The topological polar surface area (TPSA) is 0 Å². The van der Waals surface area contributed by atoms with Crippen molar-refractivity contribution < 1.29 is 25.8 Å². The summed E-state index contributed by atoms with van der Waals surface area (Å²) >= 11 is 0. The minimum atomic E-state index is -2.08. The molecule has 252 valence electrons. The van der Waals surface area contributed by atoms with Gasteiger partial charge in [-0.1, -0.05) is 152 Å². The van der Waals surface area contributed by atoms with E-state index in [2.05, 4.69) is 157 Å². The van der Waals surface area contributed by atoms with Crippen LogP contribution in [0.4, 0.5) is 0 Å². The predicted octanol–water partition coefficient (Wildman–Crippen LogP) is 12.8. The normalized spacial score (nSPS) is 14.3. The van der Waals surface area contributed by atoms with Gasteiger partial charge in [0, 0.05) is 0 Å². The molecule has 0 aromatic heterocycles. The van der Waals surface area contributed by atoms with Crippen LogP contribution in [0.15, 0.2) is 109 Å². The zero-order valence-corrected chi connectivity index (χ0v) is 36.1. The van der Waals surface area contributed by atoms with Gasteiger partial charge in [-0.15, -0.1) is 68.3 Å². The van der Waals surface area contributed by atoms with Crippen LogP contribution < -0.4 is 10.4 Å². The van der Waals surface area contributed by atoms with Crippen molar-refractivity contribution in [2.45, 2.75) is 96.6 Å². The average Bonchev–Trinajstić information content (AvgIpc) is 3.70. The molecule has 0 saturated heterocycles. The molecule has 0 atom stereocenters. The molecule has 0 amide bonds. The molecule has 7 rings (SSSR count). The molecule has 6 aromatic rings. The van der Waals surface area contributed by atoms with E-state index in [1.165, 1.54) is 87.0 Å². The number of hydrogen-bond donors (Lipinski definition) is 0. The third-order valence-electron chi connectivity index (χ3n) is 11.2. The fourth-order valence-electron chi connectivity index (χ4n) is 8.19. The van der Waals surface area contributed by atoms with Crippen LogP contribution in [0.1, 0.15) is 84.8 Å². The number of hydrogen-bond acceptors (Lipinski definition) is 0. The van der Waals surface area contributed by atoms with Crippen LogP contribution in [0.5, 0.6) is 0 Å². The summed E-state index contributed by atoms with van der Waals surface area (Å²) in [4.78, 5) is 0. The summed E-state index contributed by atoms with van der Waals surface area (Å²) < 4.78 is 0. The molecule has 0 nitrogen and oxygen atoms in total. The summed E-state index contributed by atoms with van der Waals surface area (Å²) in [5, 5.41) is 8.81. The Morgan fingerprint density at radius 1 is 0.551 bits per heavy atom. The van der Waals surface area contributed by atoms with Crippen molar-refractivity contribution in [3.63, 3.8) is 0 Å². The summed E-state index contributed by atoms with van der Waals surface area (Å²) in [6.45, 7) is 16.5. The first-order valence-corrected chi connectivity index (χ1v) is 20.1. The minimum Gasteiger partial charge on any atom is -0.358 e. The second-order valence-corrected chi connectivity index (χ2v) is 20.7. The predicted molar refractivity (Wildman–Crippen MR) is 218 cm³/mol. The van der Waals surface area contributed by atoms with E-state index in [1.807, 2.05) is 0 Å². The van der Waals surface area contributed by atoms with Crippen LogP contribution >= 0.6 is 0 Å². The Kier molecular flexibility index (Phi) is 11.8. The van der Waals surface area contributed by atoms with Crippen LogP contribution in [-0.4, -0.2) is 8.07 Å². The quantitative estimate of drug-likeness (QED) is 0.120. The molecule has 2 heteroatoms. The van der Waals surface area contributed by atoms with E-state index >= 15 is 0 Å². The van der Waals surface area contributed by atoms with Crippen molar-refractivity contribution in [1.29, 1.82) is 0 Å². The van der Waals surface area contributed by atoms with Crippen molar-refractivity contribution >= 4 is 40.0 Å². The van der Waals surface area contributed by atoms with E-state index in [1.54, 1.807) is 10.4 Å². The molecule has 0 bridgehead atoms. The van der Waals surface area contributed by atoms with Crippen LogP contribution in [0.2, 0.25) is 12.1 Å². The van der Waals surface area contributed by atoms with Gasteiger partial charge in [0.25, 0.3) is 0 Å². The molecule has 0 spiro atoms. The third kappa shape index (κ3) is 7.34. The van der Waals surface area contributed by atoms with E-state index in [0.29, 0.717) is 0 Å². The number of fused-ring (bicyclic) bond motifs is 2. The van der Waals surface area contributed by atoms with Crippen LogP contribution in [-0.2, 0) is 36.7 Å². The van der Waals surface area contributed by atoms with Crippen molar-refractivity contribution in [1.82, 2.24) is 0 Å². The van der Waals surface area contributed by atoms with E-state index in [9.17, 15) is 0 Å². The van der Waals surface area contributed by atoms with Gasteiger partial charge in [0.05, 0.1) is 8.07 Å². The largest absolute Gasteiger partial charge is 4.00 e. The molecule has 0 N–H and O–H groups in total. The first-order chi connectivity index (χ1) is 21.9. The van der Waals surface area contributed by atoms with Crippen molar-refractivity contribution in [2.24, 2.45) is 0 Å². The molecule has 0 radical (unpaired) electrons. The standard InChI is InChI=1S/C45H50Si.2CH3.Hf/c1-44(2,3)35-23-19-31(20-24-35)40-17-11-13-33-27-38(29-42(33)40)46(7,37-15-9-8-10-16-37)39-28-34-14-12-18-41(43(34)30-39)32-21-25-36(26-22-32)45(4,5)6;;;/h11-14,17-30,37H,8-10,15-16H2,1-7H3;2*1H3;/q-2;2*-1;+4. The van der Waals surface area contributed by atoms with E-state index < -0.39 is 8.07 Å². The number of benzene rings is 4. The summed E-state index contributed by atoms with van der Waals surface area (Å²) in [5.74, 6) is 0. The van der Waals surface area contributed by atoms with Gasteiger partial charge in [-0.2, -0.15) is 12.1 Å². The fraction of sp³-hybridized carbons (Fsp3) is 0.319. The number of rotatable bonds is 5. The first-order valence-electron chi connectivity index (χ1n) is 17.5. The summed E-state index contributed by atoms with van der Waals surface area (Å²) in [5.41, 5.74) is 9.20. The van der Waals surface area contributed by atoms with Gasteiger partial charge in [0.2, 0.25) is 0 Å². The molecular weight excluding hydrogens is 771 g/mol. The first kappa shape index (κ1) is 39.0. The molecule has 0 heterocycles. The Morgan fingerprint density at radius 3 is 1.31 bits per heavy atom. The van der Waals surface area contributed by atoms with Gasteiger partial charge in [0.15, 0.2) is 0 Å². The van der Waals surface area contributed by atoms with Gasteiger partial charge in [0.1, 0.15) is 0 Å². The van der Waals surface area contributed by atoms with Crippen LogP contribution in [0, 0.1) is 14.9 Å². The zero-order valence-electron chi connectivity index (χ0n) is 31.5. The van der Waals surface area contributed by atoms with Crippen LogP contribution in [0.3, 0.4) is 0 Å². The molecule has 1 fully saturated rings. The SMILES string of the molecule is CC(C)(C)c1ccc(-c2cccc3[cH-]c([Si](C)(c4cc5c(-c6ccc(C(C)(C)C)cc6)cccc5[cH-]4)C4CCCCC4)cc23)cc1.[CH3-].[CH3-].[Hf+4]. The molecule has 1 saturated carbocycles. The second kappa shape index (κ2) is 14.8. The molecular formula is C47H56HfSi. The fourth-order valence-corrected chi connectivity index (χ4v) is 12.8. The van der Waals surface area contributed by atoms with Crippen LogP contribution in [0.25, 0.3) is 43.8 Å². The van der Waals surface area contributed by atoms with Gasteiger partial charge < -0.3 is 14.9 Å². The van der Waals surface area contributed by atoms with E-state index in [4.69, 9.17) is 0 Å². The zero-order chi connectivity index (χ0) is 32.3. The molecule has 49 heavy (non-hydrogen) atoms. The molecule has 6 aromatic carbocycles. The summed E-state index contributed by atoms with van der Waals surface area (Å²) in [6.07, 6.45) is 6.83. The Hall–Kier alpha value is -2.81. The van der Waals surface area contributed by atoms with Crippen molar-refractivity contribution in [3.05, 3.63) is 135 Å². The van der Waals surface area contributed by atoms with Gasteiger partial charge in [-0.3, -0.25) is 0 Å². The maximum absolute atomic E-state index is 2.70. The Morgan fingerprint density at radius 2 is 0.939 bits per heavy atom. The monoisotopic (exact) mass is 828 g/mol. The summed E-state index contributed by atoms with van der Waals surface area (Å²) in [6, 6.07) is 42.8. The van der Waals surface area contributed by atoms with Crippen molar-refractivity contribution in [2.75, 3.05) is 0 Å². The summed E-state index contributed by atoms with van der Waals surface area (Å²) in [7, 11) is -2.08. The Labute approximate surface area is 317 Å². The molecule has 1 aliphatic carbocycles.